The molecule has 3 nitrogen and oxygen atoms in total. The number of hydrogen-bond acceptors (Lipinski definition) is 2. The summed E-state index contributed by atoms with van der Waals surface area (Å²) >= 11 is 6.20. The Morgan fingerprint density at radius 1 is 1.26 bits per heavy atom. The first-order valence-electron chi connectivity index (χ1n) is 8.22. The van der Waals surface area contributed by atoms with E-state index in [1.54, 1.807) is 0 Å². The van der Waals surface area contributed by atoms with Gasteiger partial charge in [-0.15, -0.1) is 0 Å². The Morgan fingerprint density at radius 3 is 2.61 bits per heavy atom. The third kappa shape index (κ3) is 3.55. The van der Waals surface area contributed by atoms with Gasteiger partial charge in [0.1, 0.15) is 5.60 Å². The summed E-state index contributed by atoms with van der Waals surface area (Å²) in [5.41, 5.74) is 3.18. The van der Waals surface area contributed by atoms with Crippen molar-refractivity contribution >= 4 is 23.3 Å². The van der Waals surface area contributed by atoms with E-state index in [0.29, 0.717) is 0 Å². The fraction of sp³-hybridized carbons (Fsp3) is 0.526. The number of fused-ring (bicyclic) bond motifs is 2. The van der Waals surface area contributed by atoms with E-state index in [0.717, 1.165) is 29.8 Å². The van der Waals surface area contributed by atoms with Gasteiger partial charge < -0.3 is 4.74 Å². The molecule has 1 aromatic rings. The summed E-state index contributed by atoms with van der Waals surface area (Å²) in [6.07, 6.45) is 4.94. The number of benzene rings is 1. The molecule has 0 radical (unpaired) electrons. The van der Waals surface area contributed by atoms with E-state index in [1.165, 1.54) is 11.1 Å². The number of halogens is 1. The van der Waals surface area contributed by atoms with Gasteiger partial charge in [0.25, 0.3) is 0 Å². The Balaban J connectivity index is 1.84. The van der Waals surface area contributed by atoms with E-state index in [1.807, 2.05) is 37.8 Å². The van der Waals surface area contributed by atoms with Crippen molar-refractivity contribution in [3.05, 3.63) is 40.4 Å². The van der Waals surface area contributed by atoms with Crippen LogP contribution >= 0.6 is 11.6 Å². The molecule has 2 aliphatic heterocycles. The van der Waals surface area contributed by atoms with Crippen molar-refractivity contribution in [1.29, 1.82) is 0 Å². The van der Waals surface area contributed by atoms with Crippen LogP contribution in [0, 0.1) is 6.92 Å². The van der Waals surface area contributed by atoms with Crippen molar-refractivity contribution < 1.29 is 9.53 Å². The quantitative estimate of drug-likeness (QED) is 0.706. The van der Waals surface area contributed by atoms with Crippen LogP contribution in [0.4, 0.5) is 4.79 Å². The molecule has 0 aromatic heterocycles. The summed E-state index contributed by atoms with van der Waals surface area (Å²) in [6, 6.07) is 6.52. The van der Waals surface area contributed by atoms with Gasteiger partial charge in [0.15, 0.2) is 0 Å². The van der Waals surface area contributed by atoms with E-state index in [-0.39, 0.29) is 18.2 Å². The predicted octanol–water partition coefficient (Wildman–Crippen LogP) is 5.20. The summed E-state index contributed by atoms with van der Waals surface area (Å²) < 4.78 is 5.57. The first-order chi connectivity index (χ1) is 10.7. The molecule has 0 N–H and O–H groups in total. The second-order valence-electron chi connectivity index (χ2n) is 7.60. The van der Waals surface area contributed by atoms with Crippen LogP contribution < -0.4 is 0 Å². The fourth-order valence-corrected chi connectivity index (χ4v) is 3.85. The number of carbonyl (C=O) groups is 1. The Hall–Kier alpha value is -1.48. The number of rotatable bonds is 1. The van der Waals surface area contributed by atoms with Crippen molar-refractivity contribution in [2.45, 2.75) is 64.6 Å². The maximum absolute atomic E-state index is 12.5. The lowest BCUT2D eigenvalue weighted by Crippen LogP contribution is -2.45. The van der Waals surface area contributed by atoms with Gasteiger partial charge >= 0.3 is 6.09 Å². The largest absolute Gasteiger partial charge is 0.444 e. The molecule has 2 aliphatic rings. The Labute approximate surface area is 143 Å². The molecule has 2 atom stereocenters. The van der Waals surface area contributed by atoms with Crippen LogP contribution in [0.2, 0.25) is 5.02 Å². The van der Waals surface area contributed by atoms with E-state index in [4.69, 9.17) is 16.3 Å². The highest BCUT2D eigenvalue weighted by Gasteiger charge is 2.41. The van der Waals surface area contributed by atoms with Crippen LogP contribution in [0.15, 0.2) is 24.3 Å². The van der Waals surface area contributed by atoms with Crippen LogP contribution in [-0.2, 0) is 4.74 Å². The topological polar surface area (TPSA) is 29.5 Å². The van der Waals surface area contributed by atoms with Crippen molar-refractivity contribution in [2.75, 3.05) is 0 Å². The van der Waals surface area contributed by atoms with Crippen LogP contribution in [0.3, 0.4) is 0 Å². The van der Waals surface area contributed by atoms with E-state index in [9.17, 15) is 4.79 Å². The van der Waals surface area contributed by atoms with Crippen molar-refractivity contribution in [2.24, 2.45) is 0 Å². The van der Waals surface area contributed by atoms with Crippen LogP contribution in [0.25, 0.3) is 5.57 Å². The van der Waals surface area contributed by atoms with Crippen molar-refractivity contribution in [3.8, 4) is 0 Å². The van der Waals surface area contributed by atoms with E-state index >= 15 is 0 Å². The monoisotopic (exact) mass is 333 g/mol. The molecular formula is C19H24ClNO2. The van der Waals surface area contributed by atoms with Gasteiger partial charge in [-0.2, -0.15) is 0 Å². The Kier molecular flexibility index (Phi) is 4.18. The SMILES string of the molecule is Cc1cc(Cl)cc(C2=CC3CCC(C2)N3C(=O)OC(C)(C)C)c1. The summed E-state index contributed by atoms with van der Waals surface area (Å²) in [5, 5.41) is 0.766. The average molecular weight is 334 g/mol. The second-order valence-corrected chi connectivity index (χ2v) is 8.04. The van der Waals surface area contributed by atoms with E-state index < -0.39 is 5.60 Å². The molecular weight excluding hydrogens is 310 g/mol. The zero-order chi connectivity index (χ0) is 16.8. The number of carbonyl (C=O) groups excluding carboxylic acids is 1. The third-order valence-electron chi connectivity index (χ3n) is 4.41. The van der Waals surface area contributed by atoms with Gasteiger partial charge in [-0.05, 0) is 75.8 Å². The van der Waals surface area contributed by atoms with Crippen LogP contribution in [0.5, 0.6) is 0 Å². The number of aryl methyl sites for hydroxylation is 1. The Morgan fingerprint density at radius 2 is 2.00 bits per heavy atom. The molecule has 3 rings (SSSR count). The smallest absolute Gasteiger partial charge is 0.411 e. The van der Waals surface area contributed by atoms with Crippen molar-refractivity contribution in [3.63, 3.8) is 0 Å². The minimum atomic E-state index is -0.454. The molecule has 2 heterocycles. The number of amides is 1. The maximum atomic E-state index is 12.5. The van der Waals surface area contributed by atoms with Crippen LogP contribution in [0.1, 0.15) is 51.2 Å². The maximum Gasteiger partial charge on any atom is 0.411 e. The zero-order valence-electron chi connectivity index (χ0n) is 14.2. The highest BCUT2D eigenvalue weighted by atomic mass is 35.5. The number of ether oxygens (including phenoxy) is 1. The summed E-state index contributed by atoms with van der Waals surface area (Å²) in [7, 11) is 0. The molecule has 2 unspecified atom stereocenters. The highest BCUT2D eigenvalue weighted by Crippen LogP contribution is 2.39. The average Bonchev–Trinajstić information content (AvgIpc) is 2.66. The van der Waals surface area contributed by atoms with E-state index in [2.05, 4.69) is 19.1 Å². The first-order valence-corrected chi connectivity index (χ1v) is 8.60. The molecule has 1 fully saturated rings. The third-order valence-corrected chi connectivity index (χ3v) is 4.63. The van der Waals surface area contributed by atoms with Gasteiger partial charge in [0, 0.05) is 11.1 Å². The van der Waals surface area contributed by atoms with Gasteiger partial charge in [-0.1, -0.05) is 23.7 Å². The van der Waals surface area contributed by atoms with Crippen LogP contribution in [-0.4, -0.2) is 28.7 Å². The number of nitrogens with zero attached hydrogens (tertiary/aromatic N) is 1. The molecule has 1 saturated heterocycles. The minimum Gasteiger partial charge on any atom is -0.444 e. The lowest BCUT2D eigenvalue weighted by Gasteiger charge is -2.35. The molecule has 4 heteroatoms. The van der Waals surface area contributed by atoms with Crippen molar-refractivity contribution in [1.82, 2.24) is 4.90 Å². The standard InChI is InChI=1S/C19H24ClNO2/c1-12-7-13(9-15(20)8-12)14-10-16-5-6-17(11-14)21(16)18(22)23-19(2,3)4/h7-10,16-17H,5-6,11H2,1-4H3. The van der Waals surface area contributed by atoms with Gasteiger partial charge in [0.2, 0.25) is 0 Å². The lowest BCUT2D eigenvalue weighted by molar-refractivity contribution is 0.0175. The highest BCUT2D eigenvalue weighted by molar-refractivity contribution is 6.30. The fourth-order valence-electron chi connectivity index (χ4n) is 3.57. The second kappa shape index (κ2) is 5.86. The summed E-state index contributed by atoms with van der Waals surface area (Å²) in [6.45, 7) is 7.78. The predicted molar refractivity (Wildman–Crippen MR) is 93.7 cm³/mol. The molecule has 1 aromatic carbocycles. The summed E-state index contributed by atoms with van der Waals surface area (Å²) in [4.78, 5) is 14.4. The molecule has 23 heavy (non-hydrogen) atoms. The summed E-state index contributed by atoms with van der Waals surface area (Å²) in [5.74, 6) is 0. The van der Waals surface area contributed by atoms with Gasteiger partial charge in [-0.25, -0.2) is 4.79 Å². The lowest BCUT2D eigenvalue weighted by atomic mass is 9.94. The minimum absolute atomic E-state index is 0.137. The molecule has 124 valence electrons. The molecule has 0 spiro atoms. The molecule has 0 saturated carbocycles. The normalized spacial score (nSPS) is 23.7. The van der Waals surface area contributed by atoms with Gasteiger partial charge in [0.05, 0.1) is 6.04 Å². The molecule has 0 aliphatic carbocycles. The zero-order valence-corrected chi connectivity index (χ0v) is 15.0. The first kappa shape index (κ1) is 16.4. The number of hydrogen-bond donors (Lipinski definition) is 0. The molecule has 1 amide bonds. The van der Waals surface area contributed by atoms with Gasteiger partial charge in [-0.3, -0.25) is 4.90 Å². The Bertz CT molecular complexity index is 640. The molecule has 2 bridgehead atoms.